The third kappa shape index (κ3) is 1.95. The van der Waals surface area contributed by atoms with Gasteiger partial charge in [0, 0.05) is 18.7 Å². The number of carbonyl (C=O) groups excluding carboxylic acids is 3. The number of amides is 3. The fraction of sp³-hybridized carbons (Fsp3) is 0.308. The summed E-state index contributed by atoms with van der Waals surface area (Å²) in [5.41, 5.74) is 6.45. The van der Waals surface area contributed by atoms with E-state index in [9.17, 15) is 14.4 Å². The molecule has 1 aromatic carbocycles. The van der Waals surface area contributed by atoms with Crippen molar-refractivity contribution < 1.29 is 14.4 Å². The van der Waals surface area contributed by atoms with Crippen LogP contribution < -0.4 is 15.8 Å². The summed E-state index contributed by atoms with van der Waals surface area (Å²) in [6.45, 7) is 0.605. The number of nitrogens with zero attached hydrogens (tertiary/aromatic N) is 1. The number of rotatable bonds is 2. The number of hydrogen-bond acceptors (Lipinski definition) is 3. The lowest BCUT2D eigenvalue weighted by molar-refractivity contribution is -0.132. The summed E-state index contributed by atoms with van der Waals surface area (Å²) in [5.74, 6) is -1.99. The summed E-state index contributed by atoms with van der Waals surface area (Å²) >= 11 is 0. The van der Waals surface area contributed by atoms with E-state index >= 15 is 0 Å². The van der Waals surface area contributed by atoms with E-state index in [4.69, 9.17) is 0 Å². The molecule has 0 aromatic heterocycles. The van der Waals surface area contributed by atoms with Crippen LogP contribution in [-0.2, 0) is 20.8 Å². The van der Waals surface area contributed by atoms with Crippen LogP contribution in [0.2, 0.25) is 0 Å². The van der Waals surface area contributed by atoms with Gasteiger partial charge in [-0.3, -0.25) is 25.2 Å². The Morgan fingerprint density at radius 1 is 1.21 bits per heavy atom. The average Bonchev–Trinajstić information content (AvgIpc) is 2.97. The lowest BCUT2D eigenvalue weighted by Gasteiger charge is -2.18. The molecule has 3 rings (SSSR count). The minimum Gasteiger partial charge on any atom is -0.312 e. The Kier molecular flexibility index (Phi) is 2.70. The number of carbonyl (C=O) groups is 3. The van der Waals surface area contributed by atoms with Crippen LogP contribution in [0.5, 0.6) is 0 Å². The quantitative estimate of drug-likeness (QED) is 0.718. The van der Waals surface area contributed by atoms with Gasteiger partial charge in [0.2, 0.25) is 5.91 Å². The summed E-state index contributed by atoms with van der Waals surface area (Å²) in [7, 11) is 0. The lowest BCUT2D eigenvalue weighted by atomic mass is 10.0. The maximum absolute atomic E-state index is 12.2. The van der Waals surface area contributed by atoms with E-state index in [0.29, 0.717) is 6.54 Å². The van der Waals surface area contributed by atoms with Crippen LogP contribution in [0.3, 0.4) is 0 Å². The normalized spacial score (nSPS) is 18.2. The monoisotopic (exact) mass is 259 g/mol. The third-order valence-electron chi connectivity index (χ3n) is 3.51. The van der Waals surface area contributed by atoms with Crippen molar-refractivity contribution in [2.24, 2.45) is 5.92 Å². The maximum atomic E-state index is 12.2. The van der Waals surface area contributed by atoms with Crippen LogP contribution in [0.1, 0.15) is 12.0 Å². The minimum absolute atomic E-state index is 0.0913. The fourth-order valence-corrected chi connectivity index (χ4v) is 2.48. The Labute approximate surface area is 109 Å². The van der Waals surface area contributed by atoms with E-state index < -0.39 is 17.7 Å². The summed E-state index contributed by atoms with van der Waals surface area (Å²) in [4.78, 5) is 36.7. The van der Waals surface area contributed by atoms with Gasteiger partial charge in [-0.1, -0.05) is 18.2 Å². The van der Waals surface area contributed by atoms with Gasteiger partial charge in [0.1, 0.15) is 5.92 Å². The van der Waals surface area contributed by atoms with Crippen LogP contribution in [0.15, 0.2) is 24.3 Å². The summed E-state index contributed by atoms with van der Waals surface area (Å²) in [5, 5.41) is 0. The van der Waals surface area contributed by atoms with E-state index in [-0.39, 0.29) is 12.3 Å². The molecule has 0 unspecified atom stereocenters. The molecular weight excluding hydrogens is 246 g/mol. The standard InChI is InChI=1S/C13H13N3O3/c17-11(7-9-12(18)14-15-13(9)19)16-6-5-8-3-1-2-4-10(8)16/h1-4,9H,5-7H2,(H,14,18)(H,15,19). The first-order valence-electron chi connectivity index (χ1n) is 6.15. The van der Waals surface area contributed by atoms with Crippen LogP contribution in [-0.4, -0.2) is 24.3 Å². The van der Waals surface area contributed by atoms with Gasteiger partial charge >= 0.3 is 0 Å². The molecule has 6 nitrogen and oxygen atoms in total. The smallest absolute Gasteiger partial charge is 0.251 e. The topological polar surface area (TPSA) is 78.5 Å². The largest absolute Gasteiger partial charge is 0.312 e. The highest BCUT2D eigenvalue weighted by atomic mass is 16.2. The first-order chi connectivity index (χ1) is 9.16. The van der Waals surface area contributed by atoms with Crippen molar-refractivity contribution >= 4 is 23.4 Å². The molecule has 0 radical (unpaired) electrons. The highest BCUT2D eigenvalue weighted by Gasteiger charge is 2.37. The Morgan fingerprint density at radius 2 is 1.89 bits per heavy atom. The van der Waals surface area contributed by atoms with Crippen molar-refractivity contribution in [2.75, 3.05) is 11.4 Å². The van der Waals surface area contributed by atoms with Gasteiger partial charge in [0.25, 0.3) is 11.8 Å². The molecule has 2 aliphatic rings. The molecule has 19 heavy (non-hydrogen) atoms. The number of benzene rings is 1. The van der Waals surface area contributed by atoms with Crippen molar-refractivity contribution in [3.63, 3.8) is 0 Å². The highest BCUT2D eigenvalue weighted by Crippen LogP contribution is 2.28. The molecule has 2 N–H and O–H groups in total. The molecule has 0 atom stereocenters. The number of fused-ring (bicyclic) bond motifs is 1. The molecule has 0 saturated carbocycles. The van der Waals surface area contributed by atoms with Gasteiger partial charge < -0.3 is 4.90 Å². The van der Waals surface area contributed by atoms with Crippen LogP contribution >= 0.6 is 0 Å². The van der Waals surface area contributed by atoms with Crippen LogP contribution in [0.4, 0.5) is 5.69 Å². The molecule has 6 heteroatoms. The number of hydrogen-bond donors (Lipinski definition) is 2. The SMILES string of the molecule is O=C1NNC(=O)C1CC(=O)N1CCc2ccccc21. The molecule has 3 amide bonds. The van der Waals surface area contributed by atoms with Gasteiger partial charge in [-0.25, -0.2) is 0 Å². The summed E-state index contributed by atoms with van der Waals surface area (Å²) in [6, 6.07) is 7.68. The van der Waals surface area contributed by atoms with Gasteiger partial charge in [0.05, 0.1) is 0 Å². The Morgan fingerprint density at radius 3 is 2.63 bits per heavy atom. The Balaban J connectivity index is 1.76. The second-order valence-electron chi connectivity index (χ2n) is 4.66. The van der Waals surface area contributed by atoms with Gasteiger partial charge in [-0.2, -0.15) is 0 Å². The highest BCUT2D eigenvalue weighted by molar-refractivity contribution is 6.09. The average molecular weight is 259 g/mol. The number of hydrazine groups is 1. The molecule has 2 aliphatic heterocycles. The number of nitrogens with one attached hydrogen (secondary N) is 2. The number of para-hydroxylation sites is 1. The summed E-state index contributed by atoms with van der Waals surface area (Å²) < 4.78 is 0. The van der Waals surface area contributed by atoms with Crippen LogP contribution in [0.25, 0.3) is 0 Å². The third-order valence-corrected chi connectivity index (χ3v) is 3.51. The van der Waals surface area contributed by atoms with Gasteiger partial charge in [0.15, 0.2) is 0 Å². The molecule has 98 valence electrons. The van der Waals surface area contributed by atoms with Gasteiger partial charge in [-0.05, 0) is 18.1 Å². The second-order valence-corrected chi connectivity index (χ2v) is 4.66. The maximum Gasteiger partial charge on any atom is 0.251 e. The van der Waals surface area contributed by atoms with E-state index in [0.717, 1.165) is 17.7 Å². The minimum atomic E-state index is -0.916. The first kappa shape index (κ1) is 11.7. The van der Waals surface area contributed by atoms with Crippen molar-refractivity contribution in [3.8, 4) is 0 Å². The zero-order valence-corrected chi connectivity index (χ0v) is 10.2. The van der Waals surface area contributed by atoms with Crippen molar-refractivity contribution in [1.82, 2.24) is 10.9 Å². The van der Waals surface area contributed by atoms with E-state index in [1.807, 2.05) is 24.3 Å². The molecular formula is C13H13N3O3. The van der Waals surface area contributed by atoms with Gasteiger partial charge in [-0.15, -0.1) is 0 Å². The predicted molar refractivity (Wildman–Crippen MR) is 66.9 cm³/mol. The molecule has 0 aliphatic carbocycles. The van der Waals surface area contributed by atoms with Crippen molar-refractivity contribution in [1.29, 1.82) is 0 Å². The Hall–Kier alpha value is -2.37. The molecule has 1 fully saturated rings. The van der Waals surface area contributed by atoms with E-state index in [1.54, 1.807) is 4.90 Å². The van der Waals surface area contributed by atoms with E-state index in [1.165, 1.54) is 0 Å². The van der Waals surface area contributed by atoms with Crippen LogP contribution in [0, 0.1) is 5.92 Å². The molecule has 2 heterocycles. The zero-order chi connectivity index (χ0) is 13.4. The van der Waals surface area contributed by atoms with Crippen molar-refractivity contribution in [3.05, 3.63) is 29.8 Å². The fourth-order valence-electron chi connectivity index (χ4n) is 2.48. The summed E-state index contributed by atoms with van der Waals surface area (Å²) in [6.07, 6.45) is 0.719. The predicted octanol–water partition coefficient (Wildman–Crippen LogP) is -0.257. The lowest BCUT2D eigenvalue weighted by Crippen LogP contribution is -2.33. The second kappa shape index (κ2) is 4.38. The molecule has 0 bridgehead atoms. The molecule has 1 aromatic rings. The first-order valence-corrected chi connectivity index (χ1v) is 6.15. The molecule has 1 saturated heterocycles. The van der Waals surface area contributed by atoms with Crippen molar-refractivity contribution in [2.45, 2.75) is 12.8 Å². The Bertz CT molecular complexity index is 554. The van der Waals surface area contributed by atoms with E-state index in [2.05, 4.69) is 10.9 Å². The number of anilines is 1. The molecule has 0 spiro atoms. The zero-order valence-electron chi connectivity index (χ0n) is 10.2.